The molecule has 0 spiro atoms. The molecule has 0 fully saturated rings. The minimum absolute atomic E-state index is 0.496. The molecule has 0 saturated carbocycles. The van der Waals surface area contributed by atoms with Crippen molar-refractivity contribution >= 4 is 23.5 Å². The van der Waals surface area contributed by atoms with Gasteiger partial charge in [0.25, 0.3) is 0 Å². The lowest BCUT2D eigenvalue weighted by Gasteiger charge is -1.97. The molecular formula is C9H11ClN2. The van der Waals surface area contributed by atoms with E-state index >= 15 is 0 Å². The maximum Gasteiger partial charge on any atom is 0.124 e. The topological polar surface area (TPSA) is 38.9 Å². The van der Waals surface area contributed by atoms with Crippen molar-refractivity contribution in [1.29, 1.82) is 0 Å². The maximum absolute atomic E-state index is 5.55. The number of nitrogens with zero attached hydrogens (tertiary/aromatic N) is 1. The number of aromatic nitrogens is 1. The lowest BCUT2D eigenvalue weighted by Crippen LogP contribution is -1.92. The Morgan fingerprint density at radius 1 is 1.58 bits per heavy atom. The Labute approximate surface area is 77.1 Å². The molecule has 1 aromatic rings. The van der Waals surface area contributed by atoms with E-state index in [1.54, 1.807) is 0 Å². The molecule has 0 saturated heterocycles. The summed E-state index contributed by atoms with van der Waals surface area (Å²) in [6, 6.07) is 3.79. The Bertz CT molecular complexity index is 274. The lowest BCUT2D eigenvalue weighted by atomic mass is 10.2. The highest BCUT2D eigenvalue weighted by atomic mass is 35.5. The highest BCUT2D eigenvalue weighted by molar-refractivity contribution is 6.19. The number of hydrogen-bond donors (Lipinski definition) is 1. The molecule has 1 rings (SSSR count). The van der Waals surface area contributed by atoms with Crippen LogP contribution in [0.1, 0.15) is 11.3 Å². The predicted octanol–water partition coefficient (Wildman–Crippen LogP) is 2.22. The van der Waals surface area contributed by atoms with Crippen LogP contribution in [0.5, 0.6) is 0 Å². The molecule has 0 aliphatic carbocycles. The molecular weight excluding hydrogens is 172 g/mol. The van der Waals surface area contributed by atoms with Crippen molar-refractivity contribution in [2.45, 2.75) is 6.92 Å². The van der Waals surface area contributed by atoms with E-state index in [-0.39, 0.29) is 0 Å². The quantitative estimate of drug-likeness (QED) is 0.713. The number of hydrogen-bond acceptors (Lipinski definition) is 2. The summed E-state index contributed by atoms with van der Waals surface area (Å²) >= 11 is 5.49. The van der Waals surface area contributed by atoms with E-state index < -0.39 is 0 Å². The van der Waals surface area contributed by atoms with Gasteiger partial charge in [0.15, 0.2) is 0 Å². The normalized spacial score (nSPS) is 10.8. The fraction of sp³-hybridized carbons (Fsp3) is 0.222. The minimum Gasteiger partial charge on any atom is -0.384 e. The number of anilines is 1. The van der Waals surface area contributed by atoms with Crippen LogP contribution in [0.4, 0.5) is 5.82 Å². The standard InChI is InChI=1S/C9H11ClN2/c1-7-5-8(3-2-4-10)12-9(11)6-7/h2-3,5-6H,4H2,1H3,(H2,11,12). The van der Waals surface area contributed by atoms with Crippen molar-refractivity contribution in [2.75, 3.05) is 11.6 Å². The summed E-state index contributed by atoms with van der Waals surface area (Å²) in [7, 11) is 0. The SMILES string of the molecule is Cc1cc(N)nc(C=CCCl)c1. The van der Waals surface area contributed by atoms with E-state index in [0.29, 0.717) is 11.7 Å². The highest BCUT2D eigenvalue weighted by Gasteiger charge is 1.92. The number of halogens is 1. The molecule has 1 aromatic heterocycles. The molecule has 64 valence electrons. The zero-order valence-corrected chi connectivity index (χ0v) is 7.67. The third kappa shape index (κ3) is 2.55. The van der Waals surface area contributed by atoms with E-state index in [9.17, 15) is 0 Å². The van der Waals surface area contributed by atoms with Crippen molar-refractivity contribution in [1.82, 2.24) is 4.98 Å². The molecule has 0 radical (unpaired) electrons. The number of rotatable bonds is 2. The molecule has 2 N–H and O–H groups in total. The van der Waals surface area contributed by atoms with Crippen molar-refractivity contribution < 1.29 is 0 Å². The Morgan fingerprint density at radius 3 is 2.92 bits per heavy atom. The second-order valence-corrected chi connectivity index (χ2v) is 2.86. The van der Waals surface area contributed by atoms with Gasteiger partial charge in [0.05, 0.1) is 5.69 Å². The van der Waals surface area contributed by atoms with Gasteiger partial charge in [-0.3, -0.25) is 0 Å². The Hall–Kier alpha value is -1.02. The van der Waals surface area contributed by atoms with E-state index in [4.69, 9.17) is 17.3 Å². The summed E-state index contributed by atoms with van der Waals surface area (Å²) in [6.07, 6.45) is 3.69. The van der Waals surface area contributed by atoms with Gasteiger partial charge < -0.3 is 5.73 Å². The zero-order chi connectivity index (χ0) is 8.97. The summed E-state index contributed by atoms with van der Waals surface area (Å²) in [6.45, 7) is 1.98. The third-order valence-corrected chi connectivity index (χ3v) is 1.57. The van der Waals surface area contributed by atoms with Gasteiger partial charge in [-0.05, 0) is 30.7 Å². The number of aryl methyl sites for hydroxylation is 1. The van der Waals surface area contributed by atoms with Gasteiger partial charge in [-0.2, -0.15) is 0 Å². The Morgan fingerprint density at radius 2 is 2.33 bits per heavy atom. The smallest absolute Gasteiger partial charge is 0.124 e. The molecule has 2 nitrogen and oxygen atoms in total. The molecule has 0 atom stereocenters. The van der Waals surface area contributed by atoms with Gasteiger partial charge in [-0.1, -0.05) is 6.08 Å². The van der Waals surface area contributed by atoms with Crippen molar-refractivity contribution in [2.24, 2.45) is 0 Å². The molecule has 0 bridgehead atoms. The lowest BCUT2D eigenvalue weighted by molar-refractivity contribution is 1.27. The first-order valence-electron chi connectivity index (χ1n) is 3.69. The molecule has 12 heavy (non-hydrogen) atoms. The van der Waals surface area contributed by atoms with Crippen molar-refractivity contribution in [3.05, 3.63) is 29.5 Å². The van der Waals surface area contributed by atoms with Gasteiger partial charge >= 0.3 is 0 Å². The van der Waals surface area contributed by atoms with E-state index in [2.05, 4.69) is 4.98 Å². The van der Waals surface area contributed by atoms with Crippen molar-refractivity contribution in [3.63, 3.8) is 0 Å². The number of nitrogen functional groups attached to an aromatic ring is 1. The molecule has 0 unspecified atom stereocenters. The fourth-order valence-electron chi connectivity index (χ4n) is 0.972. The highest BCUT2D eigenvalue weighted by Crippen LogP contribution is 2.07. The van der Waals surface area contributed by atoms with E-state index in [0.717, 1.165) is 11.3 Å². The van der Waals surface area contributed by atoms with Gasteiger partial charge in [0, 0.05) is 5.88 Å². The maximum atomic E-state index is 5.55. The van der Waals surface area contributed by atoms with Crippen LogP contribution in [-0.4, -0.2) is 10.9 Å². The Balaban J connectivity index is 2.93. The summed E-state index contributed by atoms with van der Waals surface area (Å²) in [5.41, 5.74) is 7.52. The third-order valence-electron chi connectivity index (χ3n) is 1.39. The molecule has 3 heteroatoms. The van der Waals surface area contributed by atoms with Gasteiger partial charge in [-0.15, -0.1) is 11.6 Å². The number of alkyl halides is 1. The van der Waals surface area contributed by atoms with Crippen molar-refractivity contribution in [3.8, 4) is 0 Å². The van der Waals surface area contributed by atoms with Gasteiger partial charge in [-0.25, -0.2) is 4.98 Å². The van der Waals surface area contributed by atoms with Crippen LogP contribution in [0.2, 0.25) is 0 Å². The molecule has 0 aliphatic heterocycles. The van der Waals surface area contributed by atoms with Crippen LogP contribution in [0.15, 0.2) is 18.2 Å². The van der Waals surface area contributed by atoms with Crippen LogP contribution in [-0.2, 0) is 0 Å². The largest absolute Gasteiger partial charge is 0.384 e. The summed E-state index contributed by atoms with van der Waals surface area (Å²) in [5.74, 6) is 1.04. The molecule has 0 amide bonds. The van der Waals surface area contributed by atoms with Crippen LogP contribution < -0.4 is 5.73 Å². The zero-order valence-electron chi connectivity index (χ0n) is 6.92. The molecule has 1 heterocycles. The number of pyridine rings is 1. The molecule has 0 aliphatic rings. The van der Waals surface area contributed by atoms with Crippen LogP contribution in [0, 0.1) is 6.92 Å². The van der Waals surface area contributed by atoms with Crippen LogP contribution >= 0.6 is 11.6 Å². The second-order valence-electron chi connectivity index (χ2n) is 2.55. The fourth-order valence-corrected chi connectivity index (χ4v) is 1.06. The first kappa shape index (κ1) is 9.07. The van der Waals surface area contributed by atoms with Crippen LogP contribution in [0.3, 0.4) is 0 Å². The Kier molecular flexibility index (Phi) is 3.11. The average molecular weight is 183 g/mol. The number of allylic oxidation sites excluding steroid dienone is 1. The van der Waals surface area contributed by atoms with E-state index in [1.165, 1.54) is 0 Å². The monoisotopic (exact) mass is 182 g/mol. The number of nitrogens with two attached hydrogens (primary N) is 1. The molecule has 0 aromatic carbocycles. The first-order valence-corrected chi connectivity index (χ1v) is 4.22. The van der Waals surface area contributed by atoms with E-state index in [1.807, 2.05) is 31.2 Å². The summed E-state index contributed by atoms with van der Waals surface area (Å²) in [5, 5.41) is 0. The summed E-state index contributed by atoms with van der Waals surface area (Å²) in [4.78, 5) is 4.10. The first-order chi connectivity index (χ1) is 5.72. The summed E-state index contributed by atoms with van der Waals surface area (Å²) < 4.78 is 0. The second kappa shape index (κ2) is 4.12. The van der Waals surface area contributed by atoms with Crippen LogP contribution in [0.25, 0.3) is 6.08 Å². The van der Waals surface area contributed by atoms with Gasteiger partial charge in [0.1, 0.15) is 5.82 Å². The minimum atomic E-state index is 0.496. The average Bonchev–Trinajstić information content (AvgIpc) is 1.99. The predicted molar refractivity (Wildman–Crippen MR) is 53.1 cm³/mol. The van der Waals surface area contributed by atoms with Gasteiger partial charge in [0.2, 0.25) is 0 Å².